The average Bonchev–Trinajstić information content (AvgIpc) is 2.61. The lowest BCUT2D eigenvalue weighted by atomic mass is 9.99. The molecule has 1 fully saturated rings. The van der Waals surface area contributed by atoms with Crippen molar-refractivity contribution in [3.63, 3.8) is 0 Å². The fraction of sp³-hybridized carbons (Fsp3) is 0.600. The van der Waals surface area contributed by atoms with E-state index in [1.54, 1.807) is 0 Å². The van der Waals surface area contributed by atoms with E-state index in [0.717, 1.165) is 19.6 Å². The molecule has 3 nitrogen and oxygen atoms in total. The molecular weight excluding hydrogens is 164 g/mol. The summed E-state index contributed by atoms with van der Waals surface area (Å²) in [5, 5.41) is 0. The van der Waals surface area contributed by atoms with Crippen LogP contribution in [-0.4, -0.2) is 23.9 Å². The fourth-order valence-corrected chi connectivity index (χ4v) is 1.68. The predicted molar refractivity (Wildman–Crippen MR) is 52.2 cm³/mol. The highest BCUT2D eigenvalue weighted by atomic mass is 16.5. The Hall–Kier alpha value is -0.960. The van der Waals surface area contributed by atoms with Crippen LogP contribution in [0.5, 0.6) is 0 Å². The molecule has 3 heteroatoms. The predicted octanol–water partition coefficient (Wildman–Crippen LogP) is 1.46. The molecule has 1 aromatic rings. The Balaban J connectivity index is 1.93. The van der Waals surface area contributed by atoms with Gasteiger partial charge in [-0.15, -0.1) is 0 Å². The molecule has 0 radical (unpaired) electrons. The van der Waals surface area contributed by atoms with E-state index in [1.807, 2.05) is 29.2 Å². The van der Waals surface area contributed by atoms with Crippen molar-refractivity contribution in [2.24, 2.45) is 5.92 Å². The maximum absolute atomic E-state index is 5.38. The van der Waals surface area contributed by atoms with Gasteiger partial charge in [-0.2, -0.15) is 0 Å². The lowest BCUT2D eigenvalue weighted by Crippen LogP contribution is -2.39. The van der Waals surface area contributed by atoms with E-state index in [1.165, 1.54) is 0 Å². The Morgan fingerprint density at radius 3 is 2.85 bits per heavy atom. The minimum absolute atomic E-state index is 0.543. The summed E-state index contributed by atoms with van der Waals surface area (Å²) in [6, 6.07) is 4.59. The molecule has 2 atom stereocenters. The van der Waals surface area contributed by atoms with Crippen LogP contribution < -0.4 is 5.43 Å². The normalized spacial score (nSPS) is 28.7. The Labute approximate surface area is 78.7 Å². The van der Waals surface area contributed by atoms with Crippen molar-refractivity contribution in [2.45, 2.75) is 19.4 Å². The van der Waals surface area contributed by atoms with Crippen LogP contribution in [0.15, 0.2) is 24.5 Å². The van der Waals surface area contributed by atoms with Gasteiger partial charge in [0.05, 0.1) is 6.61 Å². The Morgan fingerprint density at radius 2 is 2.15 bits per heavy atom. The maximum Gasteiger partial charge on any atom is 0.0511 e. The van der Waals surface area contributed by atoms with Gasteiger partial charge in [0, 0.05) is 31.0 Å². The number of rotatable bonds is 2. The Morgan fingerprint density at radius 1 is 1.38 bits per heavy atom. The van der Waals surface area contributed by atoms with Crippen LogP contribution in [-0.2, 0) is 4.74 Å². The van der Waals surface area contributed by atoms with E-state index < -0.39 is 0 Å². The molecule has 72 valence electrons. The van der Waals surface area contributed by atoms with Crippen molar-refractivity contribution in [3.05, 3.63) is 24.5 Å². The molecule has 0 aliphatic carbocycles. The zero-order valence-corrected chi connectivity index (χ0v) is 7.94. The van der Waals surface area contributed by atoms with Gasteiger partial charge >= 0.3 is 0 Å². The number of hydrogen-bond acceptors (Lipinski definition) is 2. The zero-order valence-electron chi connectivity index (χ0n) is 7.94. The molecule has 13 heavy (non-hydrogen) atoms. The summed E-state index contributed by atoms with van der Waals surface area (Å²) in [6.07, 6.45) is 5.16. The second kappa shape index (κ2) is 3.83. The zero-order chi connectivity index (χ0) is 9.10. The van der Waals surface area contributed by atoms with Crippen molar-refractivity contribution < 1.29 is 4.74 Å². The van der Waals surface area contributed by atoms with Crippen LogP contribution in [0, 0.1) is 5.92 Å². The molecule has 0 bridgehead atoms. The molecule has 1 aromatic heterocycles. The van der Waals surface area contributed by atoms with Crippen molar-refractivity contribution in [1.29, 1.82) is 0 Å². The van der Waals surface area contributed by atoms with Gasteiger partial charge in [0.25, 0.3) is 0 Å². The van der Waals surface area contributed by atoms with Gasteiger partial charge in [0.15, 0.2) is 0 Å². The first-order valence-corrected chi connectivity index (χ1v) is 4.83. The molecule has 1 saturated heterocycles. The number of hydrogen-bond donors (Lipinski definition) is 1. The van der Waals surface area contributed by atoms with Gasteiger partial charge in [-0.1, -0.05) is 6.92 Å². The topological polar surface area (TPSA) is 26.2 Å². The highest BCUT2D eigenvalue weighted by molar-refractivity contribution is 4.96. The molecule has 2 heterocycles. The molecule has 1 aliphatic rings. The van der Waals surface area contributed by atoms with E-state index >= 15 is 0 Å². The van der Waals surface area contributed by atoms with E-state index in [2.05, 4.69) is 12.3 Å². The van der Waals surface area contributed by atoms with E-state index in [-0.39, 0.29) is 0 Å². The summed E-state index contributed by atoms with van der Waals surface area (Å²) in [4.78, 5) is 0. The van der Waals surface area contributed by atoms with E-state index in [9.17, 15) is 0 Å². The standard InChI is InChI=1S/C10H16N2O/c1-9-8-13-7-4-10(9)11-12-5-2-3-6-12/h2-3,5-6,9-11H,4,7-8H2,1H3. The lowest BCUT2D eigenvalue weighted by Gasteiger charge is -2.30. The van der Waals surface area contributed by atoms with Gasteiger partial charge in [-0.05, 0) is 18.6 Å². The third-order valence-electron chi connectivity index (χ3n) is 2.56. The number of nitrogens with one attached hydrogen (secondary N) is 1. The average molecular weight is 180 g/mol. The minimum Gasteiger partial charge on any atom is -0.381 e. The van der Waals surface area contributed by atoms with Gasteiger partial charge in [-0.3, -0.25) is 4.68 Å². The quantitative estimate of drug-likeness (QED) is 0.745. The first-order valence-electron chi connectivity index (χ1n) is 4.83. The summed E-state index contributed by atoms with van der Waals surface area (Å²) in [5.74, 6) is 0.594. The second-order valence-electron chi connectivity index (χ2n) is 3.67. The fourth-order valence-electron chi connectivity index (χ4n) is 1.68. The third-order valence-corrected chi connectivity index (χ3v) is 2.56. The Kier molecular flexibility index (Phi) is 2.54. The molecular formula is C10H16N2O. The van der Waals surface area contributed by atoms with Crippen molar-refractivity contribution in [1.82, 2.24) is 4.68 Å². The number of aromatic nitrogens is 1. The molecule has 2 unspecified atom stereocenters. The van der Waals surface area contributed by atoms with Crippen LogP contribution >= 0.6 is 0 Å². The minimum atomic E-state index is 0.543. The summed E-state index contributed by atoms with van der Waals surface area (Å²) in [6.45, 7) is 3.97. The smallest absolute Gasteiger partial charge is 0.0511 e. The van der Waals surface area contributed by atoms with Crippen LogP contribution in [0.2, 0.25) is 0 Å². The molecule has 0 saturated carbocycles. The largest absolute Gasteiger partial charge is 0.381 e. The highest BCUT2D eigenvalue weighted by Crippen LogP contribution is 2.14. The first-order chi connectivity index (χ1) is 6.36. The van der Waals surface area contributed by atoms with Gasteiger partial charge in [0.1, 0.15) is 0 Å². The van der Waals surface area contributed by atoms with Crippen molar-refractivity contribution in [2.75, 3.05) is 18.6 Å². The summed E-state index contributed by atoms with van der Waals surface area (Å²) in [7, 11) is 0. The van der Waals surface area contributed by atoms with Gasteiger partial charge < -0.3 is 10.2 Å². The SMILES string of the molecule is CC1COCCC1Nn1cccc1. The summed E-state index contributed by atoms with van der Waals surface area (Å²) >= 11 is 0. The number of nitrogens with zero attached hydrogens (tertiary/aromatic N) is 1. The first kappa shape index (κ1) is 8.63. The Bertz CT molecular complexity index is 245. The molecule has 0 amide bonds. The monoisotopic (exact) mass is 180 g/mol. The number of ether oxygens (including phenoxy) is 1. The van der Waals surface area contributed by atoms with Crippen molar-refractivity contribution in [3.8, 4) is 0 Å². The van der Waals surface area contributed by atoms with Crippen LogP contribution in [0.4, 0.5) is 0 Å². The lowest BCUT2D eigenvalue weighted by molar-refractivity contribution is 0.0509. The summed E-state index contributed by atoms with van der Waals surface area (Å²) < 4.78 is 7.40. The molecule has 0 aromatic carbocycles. The molecule has 1 aliphatic heterocycles. The van der Waals surface area contributed by atoms with Crippen LogP contribution in [0.1, 0.15) is 13.3 Å². The third kappa shape index (κ3) is 2.04. The molecule has 1 N–H and O–H groups in total. The second-order valence-corrected chi connectivity index (χ2v) is 3.67. The van der Waals surface area contributed by atoms with Crippen LogP contribution in [0.25, 0.3) is 0 Å². The highest BCUT2D eigenvalue weighted by Gasteiger charge is 2.21. The maximum atomic E-state index is 5.38. The summed E-state index contributed by atoms with van der Waals surface area (Å²) in [5.41, 5.74) is 3.45. The van der Waals surface area contributed by atoms with Crippen molar-refractivity contribution >= 4 is 0 Å². The van der Waals surface area contributed by atoms with E-state index in [0.29, 0.717) is 12.0 Å². The molecule has 2 rings (SSSR count). The van der Waals surface area contributed by atoms with Crippen LogP contribution in [0.3, 0.4) is 0 Å². The van der Waals surface area contributed by atoms with E-state index in [4.69, 9.17) is 4.74 Å². The molecule has 0 spiro atoms. The van der Waals surface area contributed by atoms with Gasteiger partial charge in [-0.25, -0.2) is 0 Å². The van der Waals surface area contributed by atoms with Gasteiger partial charge in [0.2, 0.25) is 0 Å².